The van der Waals surface area contributed by atoms with E-state index in [1.165, 1.54) is 20.3 Å². The Labute approximate surface area is 106 Å². The Hall–Kier alpha value is -1.02. The summed E-state index contributed by atoms with van der Waals surface area (Å²) < 4.78 is 10.7. The normalized spacial score (nSPS) is 12.0. The van der Waals surface area contributed by atoms with Gasteiger partial charge < -0.3 is 19.7 Å². The van der Waals surface area contributed by atoms with Crippen LogP contribution in [0.4, 0.5) is 0 Å². The molecule has 0 spiro atoms. The van der Waals surface area contributed by atoms with Crippen LogP contribution in [0.3, 0.4) is 0 Å². The number of aliphatic hydroxyl groups is 1. The van der Waals surface area contributed by atoms with Gasteiger partial charge in [-0.25, -0.2) is 4.79 Å². The van der Waals surface area contributed by atoms with Gasteiger partial charge in [0.2, 0.25) is 0 Å². The molecular formula is C10H11IO5. The van der Waals surface area contributed by atoms with Crippen LogP contribution >= 0.6 is 22.6 Å². The molecule has 0 saturated carbocycles. The van der Waals surface area contributed by atoms with E-state index in [1.54, 1.807) is 6.07 Å². The Morgan fingerprint density at radius 2 is 2.00 bits per heavy atom. The van der Waals surface area contributed by atoms with Gasteiger partial charge in [-0.05, 0) is 28.7 Å². The van der Waals surface area contributed by atoms with Crippen molar-refractivity contribution in [3.05, 3.63) is 21.3 Å². The van der Waals surface area contributed by atoms with Crippen molar-refractivity contribution in [1.82, 2.24) is 0 Å². The number of methoxy groups -OCH3 is 2. The Morgan fingerprint density at radius 1 is 1.38 bits per heavy atom. The number of carbonyl (C=O) groups is 1. The lowest BCUT2D eigenvalue weighted by atomic mass is 10.1. The van der Waals surface area contributed by atoms with E-state index in [0.29, 0.717) is 15.1 Å². The number of rotatable bonds is 4. The molecule has 0 aromatic heterocycles. The monoisotopic (exact) mass is 338 g/mol. The van der Waals surface area contributed by atoms with Gasteiger partial charge in [0.1, 0.15) is 0 Å². The zero-order valence-electron chi connectivity index (χ0n) is 8.73. The van der Waals surface area contributed by atoms with E-state index in [2.05, 4.69) is 0 Å². The molecule has 1 unspecified atom stereocenters. The zero-order chi connectivity index (χ0) is 12.3. The second-order valence-corrected chi connectivity index (χ2v) is 4.02. The Balaban J connectivity index is 3.29. The molecular weight excluding hydrogens is 327 g/mol. The van der Waals surface area contributed by atoms with Gasteiger partial charge in [-0.3, -0.25) is 0 Å². The van der Waals surface area contributed by atoms with E-state index in [0.717, 1.165) is 0 Å². The molecule has 1 aromatic rings. The smallest absolute Gasteiger partial charge is 0.337 e. The minimum Gasteiger partial charge on any atom is -0.493 e. The lowest BCUT2D eigenvalue weighted by molar-refractivity contribution is -0.147. The summed E-state index contributed by atoms with van der Waals surface area (Å²) >= 11 is 1.91. The molecule has 0 aliphatic rings. The second-order valence-electron chi connectivity index (χ2n) is 2.95. The maximum Gasteiger partial charge on any atom is 0.337 e. The number of carboxylic acids is 1. The summed E-state index contributed by atoms with van der Waals surface area (Å²) in [5.41, 5.74) is 0.283. The Bertz CT molecular complexity index is 404. The fourth-order valence-electron chi connectivity index (χ4n) is 1.25. The van der Waals surface area contributed by atoms with E-state index in [-0.39, 0.29) is 5.56 Å². The van der Waals surface area contributed by atoms with E-state index in [1.807, 2.05) is 22.6 Å². The highest BCUT2D eigenvalue weighted by Gasteiger charge is 2.22. The summed E-state index contributed by atoms with van der Waals surface area (Å²) in [6.45, 7) is 0. The molecule has 2 N–H and O–H groups in total. The first-order chi connectivity index (χ1) is 7.52. The van der Waals surface area contributed by atoms with Crippen LogP contribution in [0.15, 0.2) is 12.1 Å². The summed E-state index contributed by atoms with van der Waals surface area (Å²) in [4.78, 5) is 10.7. The number of aliphatic carboxylic acids is 1. The number of carboxylic acid groups (broad SMARTS) is 1. The number of ether oxygens (including phenoxy) is 2. The second kappa shape index (κ2) is 5.35. The van der Waals surface area contributed by atoms with Gasteiger partial charge in [-0.1, -0.05) is 6.07 Å². The predicted octanol–water partition coefficient (Wildman–Crippen LogP) is 1.43. The third-order valence-corrected chi connectivity index (χ3v) is 3.16. The van der Waals surface area contributed by atoms with Crippen molar-refractivity contribution < 1.29 is 24.5 Å². The van der Waals surface area contributed by atoms with Gasteiger partial charge in [0.15, 0.2) is 17.6 Å². The molecule has 0 saturated heterocycles. The Morgan fingerprint density at radius 3 is 2.44 bits per heavy atom. The molecule has 0 heterocycles. The molecule has 0 amide bonds. The summed E-state index contributed by atoms with van der Waals surface area (Å²) in [5.74, 6) is -0.390. The first-order valence-corrected chi connectivity index (χ1v) is 5.42. The predicted molar refractivity (Wildman–Crippen MR) is 64.9 cm³/mol. The molecule has 0 aliphatic carbocycles. The molecule has 6 heteroatoms. The van der Waals surface area contributed by atoms with Crippen LogP contribution in [-0.2, 0) is 4.79 Å². The largest absolute Gasteiger partial charge is 0.493 e. The highest BCUT2D eigenvalue weighted by atomic mass is 127. The van der Waals surface area contributed by atoms with Crippen LogP contribution < -0.4 is 9.47 Å². The first kappa shape index (κ1) is 13.0. The molecule has 0 radical (unpaired) electrons. The lowest BCUT2D eigenvalue weighted by Gasteiger charge is -2.14. The van der Waals surface area contributed by atoms with Crippen molar-refractivity contribution in [2.75, 3.05) is 14.2 Å². The minimum atomic E-state index is -1.56. The minimum absolute atomic E-state index is 0.283. The first-order valence-electron chi connectivity index (χ1n) is 4.34. The zero-order valence-corrected chi connectivity index (χ0v) is 10.9. The topological polar surface area (TPSA) is 76.0 Å². The maximum absolute atomic E-state index is 10.7. The van der Waals surface area contributed by atoms with Crippen molar-refractivity contribution in [2.24, 2.45) is 0 Å². The van der Waals surface area contributed by atoms with Gasteiger partial charge in [0.25, 0.3) is 0 Å². The van der Waals surface area contributed by atoms with Crippen LogP contribution in [0.2, 0.25) is 0 Å². The third kappa shape index (κ3) is 2.38. The van der Waals surface area contributed by atoms with E-state index in [9.17, 15) is 9.90 Å². The highest BCUT2D eigenvalue weighted by molar-refractivity contribution is 14.1. The quantitative estimate of drug-likeness (QED) is 0.813. The maximum atomic E-state index is 10.7. The van der Waals surface area contributed by atoms with Crippen molar-refractivity contribution in [3.8, 4) is 11.5 Å². The number of halogens is 1. The van der Waals surface area contributed by atoms with Gasteiger partial charge in [-0.2, -0.15) is 0 Å². The van der Waals surface area contributed by atoms with Crippen LogP contribution in [0.1, 0.15) is 11.7 Å². The molecule has 1 atom stereocenters. The molecule has 88 valence electrons. The summed E-state index contributed by atoms with van der Waals surface area (Å²) in [6.07, 6.45) is -1.56. The SMILES string of the molecule is COc1ccc(C(O)C(=O)O)c(I)c1OC. The lowest BCUT2D eigenvalue weighted by Crippen LogP contribution is -2.12. The fourth-order valence-corrected chi connectivity index (χ4v) is 2.21. The molecule has 1 aromatic carbocycles. The average molecular weight is 338 g/mol. The van der Waals surface area contributed by atoms with Crippen LogP contribution in [0.25, 0.3) is 0 Å². The molecule has 16 heavy (non-hydrogen) atoms. The number of benzene rings is 1. The fraction of sp³-hybridized carbons (Fsp3) is 0.300. The van der Waals surface area contributed by atoms with E-state index >= 15 is 0 Å². The van der Waals surface area contributed by atoms with Crippen LogP contribution in [0, 0.1) is 3.57 Å². The highest BCUT2D eigenvalue weighted by Crippen LogP contribution is 2.36. The van der Waals surface area contributed by atoms with Gasteiger partial charge >= 0.3 is 5.97 Å². The average Bonchev–Trinajstić information content (AvgIpc) is 2.27. The third-order valence-electron chi connectivity index (χ3n) is 2.04. The standard InChI is InChI=1S/C10H11IO5/c1-15-6-4-3-5(8(12)10(13)14)7(11)9(6)16-2/h3-4,8,12H,1-2H3,(H,13,14). The van der Waals surface area contributed by atoms with Crippen LogP contribution in [-0.4, -0.2) is 30.4 Å². The summed E-state index contributed by atoms with van der Waals surface area (Å²) in [5, 5.41) is 18.2. The molecule has 0 bridgehead atoms. The van der Waals surface area contributed by atoms with Crippen molar-refractivity contribution in [2.45, 2.75) is 6.10 Å². The number of hydrogen-bond acceptors (Lipinski definition) is 4. The van der Waals surface area contributed by atoms with Crippen molar-refractivity contribution >= 4 is 28.6 Å². The Kier molecular flexibility index (Phi) is 4.36. The van der Waals surface area contributed by atoms with Crippen LogP contribution in [0.5, 0.6) is 11.5 Å². The van der Waals surface area contributed by atoms with Gasteiger partial charge in [0, 0.05) is 5.56 Å². The van der Waals surface area contributed by atoms with Crippen molar-refractivity contribution in [3.63, 3.8) is 0 Å². The van der Waals surface area contributed by atoms with Crippen molar-refractivity contribution in [1.29, 1.82) is 0 Å². The summed E-state index contributed by atoms with van der Waals surface area (Å²) in [6, 6.07) is 3.06. The van der Waals surface area contributed by atoms with Gasteiger partial charge in [0.05, 0.1) is 17.8 Å². The molecule has 1 rings (SSSR count). The van der Waals surface area contributed by atoms with E-state index in [4.69, 9.17) is 14.6 Å². The van der Waals surface area contributed by atoms with E-state index < -0.39 is 12.1 Å². The molecule has 0 aliphatic heterocycles. The molecule has 5 nitrogen and oxygen atoms in total. The van der Waals surface area contributed by atoms with Gasteiger partial charge in [-0.15, -0.1) is 0 Å². The summed E-state index contributed by atoms with van der Waals surface area (Å²) in [7, 11) is 2.94. The number of aliphatic hydroxyl groups excluding tert-OH is 1. The number of hydrogen-bond donors (Lipinski definition) is 2. The molecule has 0 fully saturated rings.